The van der Waals surface area contributed by atoms with Crippen LogP contribution in [0.1, 0.15) is 28.7 Å². The zero-order valence-electron chi connectivity index (χ0n) is 10.8. The van der Waals surface area contributed by atoms with E-state index in [2.05, 4.69) is 32.5 Å². The Morgan fingerprint density at radius 2 is 2.17 bits per heavy atom. The molecule has 0 amide bonds. The summed E-state index contributed by atoms with van der Waals surface area (Å²) in [5.41, 5.74) is 2.95. The van der Waals surface area contributed by atoms with Crippen molar-refractivity contribution < 1.29 is 4.79 Å². The molecule has 0 spiro atoms. The molecule has 96 valence electrons. The largest absolute Gasteiger partial charge is 0.349 e. The van der Waals surface area contributed by atoms with Gasteiger partial charge in [0.25, 0.3) is 0 Å². The molecule has 0 radical (unpaired) electrons. The van der Waals surface area contributed by atoms with Gasteiger partial charge in [-0.05, 0) is 42.8 Å². The number of halogens is 1. The van der Waals surface area contributed by atoms with Gasteiger partial charge >= 0.3 is 0 Å². The number of Topliss-reactive ketones (excluding diaryl/α,β-unsaturated/α-hetero) is 1. The highest BCUT2D eigenvalue weighted by Gasteiger charge is 2.15. The predicted octanol–water partition coefficient (Wildman–Crippen LogP) is 2.97. The molecule has 5 heteroatoms. The highest BCUT2D eigenvalue weighted by molar-refractivity contribution is 9.10. The first-order valence-corrected chi connectivity index (χ1v) is 6.70. The van der Waals surface area contributed by atoms with Crippen molar-refractivity contribution in [2.24, 2.45) is 0 Å². The van der Waals surface area contributed by atoms with Crippen LogP contribution in [0.4, 0.5) is 0 Å². The summed E-state index contributed by atoms with van der Waals surface area (Å²) in [5.74, 6) is 0.0957. The van der Waals surface area contributed by atoms with Gasteiger partial charge in [0, 0.05) is 29.7 Å². The standard InChI is InChI=1S/C13H16BrN3O/c1-4-17-9(2)5-12(10(17)3)13(18)8-16-7-11(14)6-15-16/h5-7H,4,8H2,1-3H3. The Bertz CT molecular complexity index is 583. The third kappa shape index (κ3) is 2.41. The van der Waals surface area contributed by atoms with E-state index in [1.165, 1.54) is 0 Å². The van der Waals surface area contributed by atoms with Crippen LogP contribution in [-0.2, 0) is 13.1 Å². The Hall–Kier alpha value is -1.36. The molecule has 2 rings (SSSR count). The Morgan fingerprint density at radius 3 is 2.67 bits per heavy atom. The lowest BCUT2D eigenvalue weighted by atomic mass is 10.1. The number of ketones is 1. The second kappa shape index (κ2) is 5.10. The van der Waals surface area contributed by atoms with Gasteiger partial charge < -0.3 is 4.57 Å². The maximum atomic E-state index is 12.2. The van der Waals surface area contributed by atoms with Crippen molar-refractivity contribution in [1.82, 2.24) is 14.3 Å². The third-order valence-corrected chi connectivity index (χ3v) is 3.51. The van der Waals surface area contributed by atoms with E-state index < -0.39 is 0 Å². The molecule has 0 fully saturated rings. The van der Waals surface area contributed by atoms with E-state index in [-0.39, 0.29) is 12.3 Å². The Kier molecular flexibility index (Phi) is 3.71. The van der Waals surface area contributed by atoms with Gasteiger partial charge in [0.2, 0.25) is 0 Å². The molecule has 0 aliphatic carbocycles. The topological polar surface area (TPSA) is 39.8 Å². The molecule has 0 bridgehead atoms. The molecule has 0 aliphatic heterocycles. The zero-order chi connectivity index (χ0) is 13.3. The van der Waals surface area contributed by atoms with E-state index in [4.69, 9.17) is 0 Å². The first-order valence-electron chi connectivity index (χ1n) is 5.90. The number of carbonyl (C=O) groups excluding carboxylic acids is 1. The lowest BCUT2D eigenvalue weighted by Gasteiger charge is -2.05. The Morgan fingerprint density at radius 1 is 1.44 bits per heavy atom. The summed E-state index contributed by atoms with van der Waals surface area (Å²) in [6.45, 7) is 7.26. The Labute approximate surface area is 115 Å². The lowest BCUT2D eigenvalue weighted by molar-refractivity contribution is 0.0967. The van der Waals surface area contributed by atoms with Crippen LogP contribution >= 0.6 is 15.9 Å². The summed E-state index contributed by atoms with van der Waals surface area (Å²) in [6.07, 6.45) is 3.49. The molecule has 18 heavy (non-hydrogen) atoms. The van der Waals surface area contributed by atoms with E-state index in [9.17, 15) is 4.79 Å². The number of nitrogens with zero attached hydrogens (tertiary/aromatic N) is 3. The number of hydrogen-bond acceptors (Lipinski definition) is 2. The van der Waals surface area contributed by atoms with Crippen molar-refractivity contribution in [3.8, 4) is 0 Å². The van der Waals surface area contributed by atoms with Crippen molar-refractivity contribution in [3.05, 3.63) is 39.9 Å². The minimum Gasteiger partial charge on any atom is -0.349 e. The summed E-state index contributed by atoms with van der Waals surface area (Å²) < 4.78 is 4.67. The summed E-state index contributed by atoms with van der Waals surface area (Å²) in [5, 5.41) is 4.10. The fourth-order valence-electron chi connectivity index (χ4n) is 2.23. The first kappa shape index (κ1) is 13.1. The van der Waals surface area contributed by atoms with Crippen LogP contribution in [0, 0.1) is 13.8 Å². The molecule has 2 heterocycles. The van der Waals surface area contributed by atoms with Crippen LogP contribution in [0.2, 0.25) is 0 Å². The summed E-state index contributed by atoms with van der Waals surface area (Å²) in [6, 6.07) is 1.96. The van der Waals surface area contributed by atoms with Gasteiger partial charge in [-0.15, -0.1) is 0 Å². The predicted molar refractivity (Wildman–Crippen MR) is 73.8 cm³/mol. The fraction of sp³-hybridized carbons (Fsp3) is 0.385. The van der Waals surface area contributed by atoms with Crippen LogP contribution in [0.25, 0.3) is 0 Å². The van der Waals surface area contributed by atoms with Crippen molar-refractivity contribution in [2.45, 2.75) is 33.9 Å². The summed E-state index contributed by atoms with van der Waals surface area (Å²) in [7, 11) is 0. The lowest BCUT2D eigenvalue weighted by Crippen LogP contribution is -2.12. The van der Waals surface area contributed by atoms with Crippen LogP contribution in [-0.4, -0.2) is 20.1 Å². The second-order valence-electron chi connectivity index (χ2n) is 4.31. The van der Waals surface area contributed by atoms with E-state index >= 15 is 0 Å². The molecule has 2 aromatic heterocycles. The Balaban J connectivity index is 2.24. The normalized spacial score (nSPS) is 10.9. The molecule has 0 saturated carbocycles. The van der Waals surface area contributed by atoms with E-state index in [0.29, 0.717) is 0 Å². The molecule has 0 atom stereocenters. The molecular weight excluding hydrogens is 294 g/mol. The third-order valence-electron chi connectivity index (χ3n) is 3.10. The summed E-state index contributed by atoms with van der Waals surface area (Å²) >= 11 is 3.32. The minimum atomic E-state index is 0.0957. The number of hydrogen-bond donors (Lipinski definition) is 0. The monoisotopic (exact) mass is 309 g/mol. The molecular formula is C13H16BrN3O. The van der Waals surface area contributed by atoms with E-state index in [1.807, 2.05) is 19.9 Å². The highest BCUT2D eigenvalue weighted by Crippen LogP contribution is 2.16. The maximum Gasteiger partial charge on any atom is 0.186 e. The molecule has 0 saturated heterocycles. The van der Waals surface area contributed by atoms with Crippen molar-refractivity contribution in [3.63, 3.8) is 0 Å². The average Bonchev–Trinajstić information content (AvgIpc) is 2.83. The van der Waals surface area contributed by atoms with E-state index in [1.54, 1.807) is 17.1 Å². The van der Waals surface area contributed by atoms with Crippen LogP contribution < -0.4 is 0 Å². The highest BCUT2D eigenvalue weighted by atomic mass is 79.9. The fourth-order valence-corrected chi connectivity index (χ4v) is 2.56. The van der Waals surface area contributed by atoms with Crippen molar-refractivity contribution in [2.75, 3.05) is 0 Å². The van der Waals surface area contributed by atoms with Crippen LogP contribution in [0.3, 0.4) is 0 Å². The molecule has 4 nitrogen and oxygen atoms in total. The number of aryl methyl sites for hydroxylation is 1. The van der Waals surface area contributed by atoms with Crippen molar-refractivity contribution >= 4 is 21.7 Å². The van der Waals surface area contributed by atoms with Crippen LogP contribution in [0.15, 0.2) is 22.9 Å². The smallest absolute Gasteiger partial charge is 0.186 e. The molecule has 0 aromatic carbocycles. The maximum absolute atomic E-state index is 12.2. The van der Waals surface area contributed by atoms with Crippen molar-refractivity contribution in [1.29, 1.82) is 0 Å². The van der Waals surface area contributed by atoms with Gasteiger partial charge in [-0.25, -0.2) is 0 Å². The number of aromatic nitrogens is 3. The number of rotatable bonds is 4. The number of carbonyl (C=O) groups is 1. The first-order chi connectivity index (χ1) is 8.52. The molecule has 0 aliphatic rings. The quantitative estimate of drug-likeness (QED) is 0.815. The summed E-state index contributed by atoms with van der Waals surface area (Å²) in [4.78, 5) is 12.2. The van der Waals surface area contributed by atoms with Gasteiger partial charge in [0.05, 0.1) is 10.7 Å². The van der Waals surface area contributed by atoms with Crippen LogP contribution in [0.5, 0.6) is 0 Å². The second-order valence-corrected chi connectivity index (χ2v) is 5.22. The van der Waals surface area contributed by atoms with E-state index in [0.717, 1.165) is 28.0 Å². The minimum absolute atomic E-state index is 0.0957. The SMILES string of the molecule is CCn1c(C)cc(C(=O)Cn2cc(Br)cn2)c1C. The van der Waals surface area contributed by atoms with Gasteiger partial charge in [-0.2, -0.15) is 5.10 Å². The zero-order valence-corrected chi connectivity index (χ0v) is 12.4. The average molecular weight is 310 g/mol. The van der Waals surface area contributed by atoms with Gasteiger partial charge in [0.1, 0.15) is 6.54 Å². The molecule has 0 unspecified atom stereocenters. The van der Waals surface area contributed by atoms with Gasteiger partial charge in [-0.3, -0.25) is 9.48 Å². The van der Waals surface area contributed by atoms with Gasteiger partial charge in [0.15, 0.2) is 5.78 Å². The van der Waals surface area contributed by atoms with Gasteiger partial charge in [-0.1, -0.05) is 0 Å². The molecule has 2 aromatic rings. The molecule has 0 N–H and O–H groups in total.